The standard InChI is InChI=1S/C22H19N4.C8H5.Pt/c1-23-15-25(21-12-5-3-10-19(21)23)17-8-7-9-18(14-17)26-16-24(2)20-11-4-6-13-22(20)26;1-2-8-6-4-3-5-7-8;/h3-13,15-16H,1-2H3;3-7H;/q-3;-1;+4. The number of rotatable bonds is 2. The van der Waals surface area contributed by atoms with Gasteiger partial charge in [0.05, 0.1) is 0 Å². The van der Waals surface area contributed by atoms with E-state index in [1.165, 1.54) is 22.7 Å². The molecule has 35 heavy (non-hydrogen) atoms. The first-order chi connectivity index (χ1) is 16.7. The molecule has 0 radical (unpaired) electrons. The van der Waals surface area contributed by atoms with Gasteiger partial charge < -0.3 is 26.0 Å². The Bertz CT molecular complexity index is 1260. The Labute approximate surface area is 222 Å². The predicted octanol–water partition coefficient (Wildman–Crippen LogP) is 6.52. The van der Waals surface area contributed by atoms with Crippen LogP contribution in [0.1, 0.15) is 5.56 Å². The minimum atomic E-state index is 0. The fourth-order valence-corrected chi connectivity index (χ4v) is 4.16. The summed E-state index contributed by atoms with van der Waals surface area (Å²) in [6.07, 6.45) is 6.69. The molecule has 2 aliphatic rings. The molecule has 0 bridgehead atoms. The Morgan fingerprint density at radius 3 is 1.46 bits per heavy atom. The maximum atomic E-state index is 6.69. The van der Waals surface area contributed by atoms with Crippen LogP contribution in [0, 0.1) is 31.7 Å². The molecule has 0 saturated carbocycles. The van der Waals surface area contributed by atoms with E-state index in [2.05, 4.69) is 126 Å². The largest absolute Gasteiger partial charge is 4.00 e. The van der Waals surface area contributed by atoms with Crippen LogP contribution in [0.4, 0.5) is 34.1 Å². The van der Waals surface area contributed by atoms with E-state index in [0.29, 0.717) is 0 Å². The number of para-hydroxylation sites is 4. The van der Waals surface area contributed by atoms with Gasteiger partial charge in [-0.3, -0.25) is 5.92 Å². The Morgan fingerprint density at radius 1 is 0.600 bits per heavy atom. The van der Waals surface area contributed by atoms with Crippen LogP contribution in [0.25, 0.3) is 0 Å². The van der Waals surface area contributed by atoms with Crippen LogP contribution in [-0.2, 0) is 21.1 Å². The molecule has 0 spiro atoms. The molecule has 0 fully saturated rings. The van der Waals surface area contributed by atoms with Crippen LogP contribution in [0.15, 0.2) is 97.1 Å². The van der Waals surface area contributed by atoms with Gasteiger partial charge in [-0.1, -0.05) is 42.5 Å². The second-order valence-corrected chi connectivity index (χ2v) is 8.08. The van der Waals surface area contributed by atoms with Crippen molar-refractivity contribution in [1.82, 2.24) is 0 Å². The van der Waals surface area contributed by atoms with Gasteiger partial charge in [-0.15, -0.1) is 47.3 Å². The smallest absolute Gasteiger partial charge is 0.504 e. The van der Waals surface area contributed by atoms with E-state index in [-0.39, 0.29) is 21.1 Å². The summed E-state index contributed by atoms with van der Waals surface area (Å²) in [4.78, 5) is 8.65. The Morgan fingerprint density at radius 2 is 1.03 bits per heavy atom. The molecule has 0 aliphatic carbocycles. The maximum Gasteiger partial charge on any atom is 4.00 e. The molecule has 2 heterocycles. The van der Waals surface area contributed by atoms with E-state index in [1.807, 2.05) is 30.3 Å². The summed E-state index contributed by atoms with van der Waals surface area (Å²) in [6.45, 7) is 4.21. The fraction of sp³-hybridized carbons (Fsp3) is 0.0667. The van der Waals surface area contributed by atoms with Crippen molar-refractivity contribution in [2.45, 2.75) is 0 Å². The van der Waals surface area contributed by atoms with E-state index in [4.69, 9.17) is 6.42 Å². The van der Waals surface area contributed by atoms with Crippen LogP contribution in [0.3, 0.4) is 0 Å². The molecule has 6 rings (SSSR count). The number of benzene rings is 4. The zero-order valence-electron chi connectivity index (χ0n) is 19.5. The van der Waals surface area contributed by atoms with Gasteiger partial charge in [0, 0.05) is 22.7 Å². The predicted molar refractivity (Wildman–Crippen MR) is 141 cm³/mol. The molecule has 0 aromatic heterocycles. The molecule has 0 N–H and O–H groups in total. The van der Waals surface area contributed by atoms with Crippen molar-refractivity contribution < 1.29 is 21.1 Å². The molecule has 0 unspecified atom stereocenters. The molecule has 174 valence electrons. The van der Waals surface area contributed by atoms with Crippen LogP contribution >= 0.6 is 0 Å². The second kappa shape index (κ2) is 10.7. The summed E-state index contributed by atoms with van der Waals surface area (Å²) < 4.78 is 0. The van der Waals surface area contributed by atoms with Crippen molar-refractivity contribution >= 4 is 34.1 Å². The summed E-state index contributed by atoms with van der Waals surface area (Å²) in [6, 6.07) is 36.1. The summed E-state index contributed by atoms with van der Waals surface area (Å²) in [5.74, 6) is 2.28. The number of nitrogens with zero attached hydrogens (tertiary/aromatic N) is 4. The number of hydrogen-bond acceptors (Lipinski definition) is 4. The molecule has 0 saturated heterocycles. The van der Waals surface area contributed by atoms with Gasteiger partial charge in [0.1, 0.15) is 0 Å². The van der Waals surface area contributed by atoms with E-state index in [9.17, 15) is 0 Å². The van der Waals surface area contributed by atoms with Crippen LogP contribution in [-0.4, -0.2) is 14.1 Å². The van der Waals surface area contributed by atoms with E-state index < -0.39 is 0 Å². The van der Waals surface area contributed by atoms with Crippen molar-refractivity contribution in [3.05, 3.63) is 128 Å². The molecule has 0 amide bonds. The quantitative estimate of drug-likeness (QED) is 0.184. The first-order valence-electron chi connectivity index (χ1n) is 11.1. The normalized spacial score (nSPS) is 13.3. The van der Waals surface area contributed by atoms with Crippen molar-refractivity contribution in [3.63, 3.8) is 0 Å². The third-order valence-corrected chi connectivity index (χ3v) is 5.82. The van der Waals surface area contributed by atoms with E-state index in [1.54, 1.807) is 0 Å². The zero-order chi connectivity index (χ0) is 23.5. The van der Waals surface area contributed by atoms with Crippen LogP contribution in [0.5, 0.6) is 0 Å². The minimum absolute atomic E-state index is 0. The number of anilines is 6. The van der Waals surface area contributed by atoms with E-state index in [0.717, 1.165) is 16.9 Å². The Hall–Kier alpha value is -3.67. The molecular formula is C30H24N4Pt. The molecule has 4 nitrogen and oxygen atoms in total. The van der Waals surface area contributed by atoms with Crippen molar-refractivity contribution in [1.29, 1.82) is 0 Å². The Balaban J connectivity index is 0.000000276. The maximum absolute atomic E-state index is 6.69. The van der Waals surface area contributed by atoms with Crippen molar-refractivity contribution in [2.75, 3.05) is 33.7 Å². The monoisotopic (exact) mass is 635 g/mol. The number of fused-ring (bicyclic) bond motifs is 2. The average molecular weight is 636 g/mol. The van der Waals surface area contributed by atoms with Crippen molar-refractivity contribution in [3.8, 4) is 5.92 Å². The molecule has 4 aromatic rings. The summed E-state index contributed by atoms with van der Waals surface area (Å²) in [7, 11) is 4.14. The molecule has 0 atom stereocenters. The van der Waals surface area contributed by atoms with Gasteiger partial charge in [-0.2, -0.15) is 19.4 Å². The van der Waals surface area contributed by atoms with Gasteiger partial charge >= 0.3 is 21.1 Å². The van der Waals surface area contributed by atoms with Crippen molar-refractivity contribution in [2.24, 2.45) is 0 Å². The number of hydrogen-bond donors (Lipinski definition) is 0. The van der Waals surface area contributed by atoms with Gasteiger partial charge in [0.15, 0.2) is 0 Å². The topological polar surface area (TPSA) is 13.0 Å². The SMILES string of the molecule is CN1[CH-]N(c2[c-]c(N3[CH-]N(C)c4ccccc43)ccc2)c2ccccc21.[C-]#Cc1ccccc1.[Pt+4]. The molecule has 5 heteroatoms. The first-order valence-corrected chi connectivity index (χ1v) is 11.1. The summed E-state index contributed by atoms with van der Waals surface area (Å²) in [5.41, 5.74) is 7.62. The summed E-state index contributed by atoms with van der Waals surface area (Å²) >= 11 is 0. The third-order valence-electron chi connectivity index (χ3n) is 5.82. The van der Waals surface area contributed by atoms with Gasteiger partial charge in [-0.25, -0.2) is 0 Å². The van der Waals surface area contributed by atoms with Crippen LogP contribution in [0.2, 0.25) is 0 Å². The molecule has 4 aromatic carbocycles. The van der Waals surface area contributed by atoms with Gasteiger partial charge in [0.25, 0.3) is 0 Å². The average Bonchev–Trinajstić information content (AvgIpc) is 3.42. The third kappa shape index (κ3) is 4.92. The zero-order valence-corrected chi connectivity index (χ0v) is 21.8. The van der Waals surface area contributed by atoms with Crippen LogP contribution < -0.4 is 19.6 Å². The van der Waals surface area contributed by atoms with Gasteiger partial charge in [-0.05, 0) is 38.4 Å². The second-order valence-electron chi connectivity index (χ2n) is 8.08. The summed E-state index contributed by atoms with van der Waals surface area (Å²) in [5, 5.41) is 0. The minimum Gasteiger partial charge on any atom is -0.504 e. The van der Waals surface area contributed by atoms with Gasteiger partial charge in [0.2, 0.25) is 0 Å². The Kier molecular flexibility index (Phi) is 7.49. The van der Waals surface area contributed by atoms with E-state index >= 15 is 0 Å². The fourth-order valence-electron chi connectivity index (χ4n) is 4.16. The molecule has 2 aliphatic heterocycles. The molecular weight excluding hydrogens is 611 g/mol. The first kappa shape index (κ1) is 24.5.